The molecule has 2 aromatic carbocycles. The zero-order chi connectivity index (χ0) is 22.1. The number of benzene rings is 2. The fourth-order valence-corrected chi connectivity index (χ4v) is 4.68. The van der Waals surface area contributed by atoms with Crippen molar-refractivity contribution in [2.45, 2.75) is 51.1 Å². The molecule has 2 aliphatic rings. The summed E-state index contributed by atoms with van der Waals surface area (Å²) < 4.78 is 0. The van der Waals surface area contributed by atoms with E-state index in [1.165, 1.54) is 24.3 Å². The lowest BCUT2D eigenvalue weighted by molar-refractivity contribution is -0.384. The second-order valence-electron chi connectivity index (χ2n) is 8.16. The molecule has 1 aliphatic heterocycles. The van der Waals surface area contributed by atoms with Gasteiger partial charge in [-0.05, 0) is 43.0 Å². The minimum atomic E-state index is -0.713. The smallest absolute Gasteiger partial charge is 0.295 e. The largest absolute Gasteiger partial charge is 0.507 e. The fraction of sp³-hybridized carbons (Fsp3) is 0.333. The molecule has 0 bridgehead atoms. The summed E-state index contributed by atoms with van der Waals surface area (Å²) in [6, 6.07) is 12.2. The molecule has 0 aromatic heterocycles. The molecule has 1 N–H and O–H groups in total. The number of carbonyl (C=O) groups excluding carboxylic acids is 2. The average molecular weight is 420 g/mol. The highest BCUT2D eigenvalue weighted by Gasteiger charge is 2.49. The molecule has 1 saturated carbocycles. The quantitative estimate of drug-likeness (QED) is 0.255. The molecule has 7 heteroatoms. The van der Waals surface area contributed by atoms with Gasteiger partial charge in [-0.2, -0.15) is 0 Å². The molecule has 1 unspecified atom stereocenters. The van der Waals surface area contributed by atoms with Crippen molar-refractivity contribution in [2.24, 2.45) is 0 Å². The number of aryl methyl sites for hydroxylation is 1. The van der Waals surface area contributed by atoms with E-state index < -0.39 is 22.7 Å². The number of aliphatic hydroxyl groups is 1. The van der Waals surface area contributed by atoms with E-state index in [2.05, 4.69) is 0 Å². The van der Waals surface area contributed by atoms with E-state index in [1.807, 2.05) is 31.2 Å². The van der Waals surface area contributed by atoms with E-state index in [-0.39, 0.29) is 28.6 Å². The second kappa shape index (κ2) is 8.34. The van der Waals surface area contributed by atoms with Crippen LogP contribution in [0.2, 0.25) is 0 Å². The molecule has 0 radical (unpaired) electrons. The van der Waals surface area contributed by atoms with Crippen LogP contribution in [-0.4, -0.2) is 32.7 Å². The summed E-state index contributed by atoms with van der Waals surface area (Å²) in [6.07, 6.45) is 4.76. The Hall–Kier alpha value is -3.48. The molecule has 1 amide bonds. The van der Waals surface area contributed by atoms with E-state index in [0.717, 1.165) is 43.2 Å². The molecule has 160 valence electrons. The summed E-state index contributed by atoms with van der Waals surface area (Å²) in [4.78, 5) is 38.3. The highest BCUT2D eigenvalue weighted by molar-refractivity contribution is 6.46. The van der Waals surface area contributed by atoms with Gasteiger partial charge >= 0.3 is 0 Å². The average Bonchev–Trinajstić information content (AvgIpc) is 3.04. The van der Waals surface area contributed by atoms with Gasteiger partial charge in [0.1, 0.15) is 5.76 Å². The Balaban J connectivity index is 1.87. The first-order valence-electron chi connectivity index (χ1n) is 10.5. The number of likely N-dealkylation sites (tertiary alicyclic amines) is 1. The Morgan fingerprint density at radius 2 is 1.68 bits per heavy atom. The SMILES string of the molecule is Cc1ccccc1C1/C(=C(\O)c2ccc([N+](=O)[O-])cc2)C(=O)C(=O)N1C1CCCCC1. The Bertz CT molecular complexity index is 1070. The minimum Gasteiger partial charge on any atom is -0.507 e. The van der Waals surface area contributed by atoms with Crippen molar-refractivity contribution < 1.29 is 19.6 Å². The van der Waals surface area contributed by atoms with Gasteiger partial charge in [0.15, 0.2) is 0 Å². The van der Waals surface area contributed by atoms with Crippen molar-refractivity contribution in [1.29, 1.82) is 0 Å². The predicted octanol–water partition coefficient (Wildman–Crippen LogP) is 4.66. The number of amides is 1. The summed E-state index contributed by atoms with van der Waals surface area (Å²) in [6.45, 7) is 1.92. The van der Waals surface area contributed by atoms with Crippen molar-refractivity contribution in [3.05, 3.63) is 80.9 Å². The zero-order valence-corrected chi connectivity index (χ0v) is 17.3. The summed E-state index contributed by atoms with van der Waals surface area (Å²) in [5, 5.41) is 22.0. The van der Waals surface area contributed by atoms with Crippen LogP contribution in [0.4, 0.5) is 5.69 Å². The van der Waals surface area contributed by atoms with Gasteiger partial charge in [0, 0.05) is 23.7 Å². The number of carbonyl (C=O) groups is 2. The van der Waals surface area contributed by atoms with Crippen LogP contribution in [0.15, 0.2) is 54.1 Å². The molecule has 0 spiro atoms. The number of aliphatic hydroxyl groups excluding tert-OH is 1. The van der Waals surface area contributed by atoms with Crippen LogP contribution in [0.3, 0.4) is 0 Å². The first kappa shape index (κ1) is 20.8. The zero-order valence-electron chi connectivity index (χ0n) is 17.3. The van der Waals surface area contributed by atoms with Crippen LogP contribution in [-0.2, 0) is 9.59 Å². The van der Waals surface area contributed by atoms with Crippen molar-refractivity contribution in [1.82, 2.24) is 4.90 Å². The summed E-state index contributed by atoms with van der Waals surface area (Å²) in [5.41, 5.74) is 1.92. The number of ketones is 1. The Labute approximate surface area is 180 Å². The van der Waals surface area contributed by atoms with Crippen LogP contribution in [0.1, 0.15) is 54.8 Å². The number of nitro benzene ring substituents is 1. The van der Waals surface area contributed by atoms with Gasteiger partial charge in [-0.3, -0.25) is 19.7 Å². The first-order chi connectivity index (χ1) is 14.9. The lowest BCUT2D eigenvalue weighted by Gasteiger charge is -2.36. The number of nitro groups is 1. The number of hydrogen-bond acceptors (Lipinski definition) is 5. The van der Waals surface area contributed by atoms with E-state index in [1.54, 1.807) is 4.90 Å². The Kier molecular flexibility index (Phi) is 5.59. The highest BCUT2D eigenvalue weighted by atomic mass is 16.6. The van der Waals surface area contributed by atoms with Crippen LogP contribution < -0.4 is 0 Å². The molecular formula is C24H24N2O5. The third-order valence-electron chi connectivity index (χ3n) is 6.28. The van der Waals surface area contributed by atoms with Gasteiger partial charge in [0.25, 0.3) is 17.4 Å². The molecule has 4 rings (SSSR count). The maximum Gasteiger partial charge on any atom is 0.295 e. The molecule has 31 heavy (non-hydrogen) atoms. The molecule has 2 aromatic rings. The monoisotopic (exact) mass is 420 g/mol. The molecule has 1 aliphatic carbocycles. The molecular weight excluding hydrogens is 396 g/mol. The topological polar surface area (TPSA) is 101 Å². The van der Waals surface area contributed by atoms with E-state index >= 15 is 0 Å². The number of rotatable bonds is 4. The Morgan fingerprint density at radius 1 is 1.03 bits per heavy atom. The second-order valence-corrected chi connectivity index (χ2v) is 8.16. The van der Waals surface area contributed by atoms with Crippen molar-refractivity contribution in [3.63, 3.8) is 0 Å². The third kappa shape index (κ3) is 3.71. The van der Waals surface area contributed by atoms with Gasteiger partial charge in [0.2, 0.25) is 0 Å². The molecule has 1 heterocycles. The van der Waals surface area contributed by atoms with Crippen molar-refractivity contribution >= 4 is 23.1 Å². The standard InChI is InChI=1S/C24H24N2O5/c1-15-7-5-6-10-19(15)21-20(22(27)16-11-13-18(14-12-16)26(30)31)23(28)24(29)25(21)17-8-3-2-4-9-17/h5-7,10-14,17,21,27H,2-4,8-9H2,1H3/b22-20+. The van der Waals surface area contributed by atoms with E-state index in [9.17, 15) is 24.8 Å². The maximum absolute atomic E-state index is 13.1. The van der Waals surface area contributed by atoms with Crippen LogP contribution in [0, 0.1) is 17.0 Å². The van der Waals surface area contributed by atoms with E-state index in [4.69, 9.17) is 0 Å². The van der Waals surface area contributed by atoms with Gasteiger partial charge in [-0.25, -0.2) is 0 Å². The van der Waals surface area contributed by atoms with Gasteiger partial charge < -0.3 is 10.0 Å². The van der Waals surface area contributed by atoms with Gasteiger partial charge in [-0.1, -0.05) is 43.5 Å². The third-order valence-corrected chi connectivity index (χ3v) is 6.28. The van der Waals surface area contributed by atoms with Crippen LogP contribution in [0.5, 0.6) is 0 Å². The number of non-ortho nitro benzene ring substituents is 1. The molecule has 1 saturated heterocycles. The van der Waals surface area contributed by atoms with E-state index in [0.29, 0.717) is 0 Å². The lowest BCUT2D eigenvalue weighted by atomic mass is 9.89. The van der Waals surface area contributed by atoms with Gasteiger partial charge in [0.05, 0.1) is 16.5 Å². The summed E-state index contributed by atoms with van der Waals surface area (Å²) in [7, 11) is 0. The van der Waals surface area contributed by atoms with Crippen molar-refractivity contribution in [3.8, 4) is 0 Å². The van der Waals surface area contributed by atoms with Crippen molar-refractivity contribution in [2.75, 3.05) is 0 Å². The Morgan fingerprint density at radius 3 is 2.29 bits per heavy atom. The summed E-state index contributed by atoms with van der Waals surface area (Å²) in [5.74, 6) is -1.61. The molecule has 1 atom stereocenters. The number of hydrogen-bond donors (Lipinski definition) is 1. The maximum atomic E-state index is 13.1. The molecule has 2 fully saturated rings. The number of nitrogens with zero attached hydrogens (tertiary/aromatic N) is 2. The minimum absolute atomic E-state index is 0.0405. The molecule has 7 nitrogen and oxygen atoms in total. The highest BCUT2D eigenvalue weighted by Crippen LogP contribution is 2.43. The van der Waals surface area contributed by atoms with Crippen LogP contribution >= 0.6 is 0 Å². The lowest BCUT2D eigenvalue weighted by Crippen LogP contribution is -2.40. The van der Waals surface area contributed by atoms with Gasteiger partial charge in [-0.15, -0.1) is 0 Å². The predicted molar refractivity (Wildman–Crippen MR) is 115 cm³/mol. The van der Waals surface area contributed by atoms with Crippen LogP contribution in [0.25, 0.3) is 5.76 Å². The normalized spacial score (nSPS) is 21.5. The number of Topliss-reactive ketones (excluding diaryl/α,β-unsaturated/α-hetero) is 1. The fourth-order valence-electron chi connectivity index (χ4n) is 4.68. The summed E-state index contributed by atoms with van der Waals surface area (Å²) >= 11 is 0. The first-order valence-corrected chi connectivity index (χ1v) is 10.5.